The van der Waals surface area contributed by atoms with Gasteiger partial charge in [0.15, 0.2) is 0 Å². The molecule has 22 heavy (non-hydrogen) atoms. The zero-order valence-electron chi connectivity index (χ0n) is 13.7. The highest BCUT2D eigenvalue weighted by Crippen LogP contribution is 2.36. The first kappa shape index (κ1) is 14.9. The molecule has 0 atom stereocenters. The molecule has 1 aromatic rings. The number of ether oxygens (including phenoxy) is 1. The third-order valence-corrected chi connectivity index (χ3v) is 4.24. The summed E-state index contributed by atoms with van der Waals surface area (Å²) in [5, 5.41) is 2.58. The minimum atomic E-state index is 0.543. The van der Waals surface area contributed by atoms with Crippen LogP contribution < -0.4 is 4.74 Å². The third kappa shape index (κ3) is 2.94. The Labute approximate surface area is 133 Å². The van der Waals surface area contributed by atoms with Gasteiger partial charge in [0.25, 0.3) is 0 Å². The van der Waals surface area contributed by atoms with Crippen LogP contribution in [-0.4, -0.2) is 6.61 Å². The molecule has 0 radical (unpaired) electrons. The van der Waals surface area contributed by atoms with Gasteiger partial charge in [-0.15, -0.1) is 0 Å². The van der Waals surface area contributed by atoms with Crippen molar-refractivity contribution in [2.45, 2.75) is 39.5 Å². The smallest absolute Gasteiger partial charge is 0.119 e. The first-order chi connectivity index (χ1) is 10.7. The first-order valence-electron chi connectivity index (χ1n) is 8.28. The molecule has 2 aliphatic rings. The molecular formula is C21H24O. The molecular weight excluding hydrogens is 268 g/mol. The van der Waals surface area contributed by atoms with E-state index in [0.717, 1.165) is 25.2 Å². The molecule has 0 aromatic heterocycles. The number of rotatable bonds is 5. The largest absolute Gasteiger partial charge is 0.494 e. The first-order valence-corrected chi connectivity index (χ1v) is 8.28. The Balaban J connectivity index is 2.02. The van der Waals surface area contributed by atoms with Crippen LogP contribution in [0.15, 0.2) is 48.5 Å². The van der Waals surface area contributed by atoms with Crippen LogP contribution in [0.4, 0.5) is 0 Å². The summed E-state index contributed by atoms with van der Waals surface area (Å²) in [6, 6.07) is 17.7. The van der Waals surface area contributed by atoms with E-state index in [9.17, 15) is 0 Å². The van der Waals surface area contributed by atoms with Gasteiger partial charge in [-0.25, -0.2) is 0 Å². The fraction of sp³-hybridized carbons (Fsp3) is 0.333. The predicted octanol–water partition coefficient (Wildman–Crippen LogP) is 6.25. The Morgan fingerprint density at radius 1 is 1.00 bits per heavy atom. The summed E-state index contributed by atoms with van der Waals surface area (Å²) in [4.78, 5) is 0. The Hall–Kier alpha value is -2.02. The standard InChI is InChI=1S/C21H24O/c1-4-5-11-22-19-9-10-21-18(14-19)13-17-12-16(15(2)3)7-6-8-20(17)21/h6-10,12-15H,4-5,11H2,1-3H3. The molecule has 3 rings (SSSR count). The van der Waals surface area contributed by atoms with Crippen molar-refractivity contribution in [1.29, 1.82) is 0 Å². The monoisotopic (exact) mass is 292 g/mol. The minimum Gasteiger partial charge on any atom is -0.494 e. The molecule has 1 aromatic carbocycles. The number of benzene rings is 1. The van der Waals surface area contributed by atoms with E-state index >= 15 is 0 Å². The Morgan fingerprint density at radius 3 is 2.64 bits per heavy atom. The molecule has 0 saturated heterocycles. The molecule has 0 saturated carbocycles. The van der Waals surface area contributed by atoms with E-state index in [4.69, 9.17) is 4.74 Å². The molecule has 0 aliphatic heterocycles. The number of hydrogen-bond acceptors (Lipinski definition) is 1. The molecule has 0 spiro atoms. The summed E-state index contributed by atoms with van der Waals surface area (Å²) in [5.74, 6) is 1.52. The number of fused-ring (bicyclic) bond motifs is 3. The Bertz CT molecular complexity index is 742. The minimum absolute atomic E-state index is 0.543. The second-order valence-corrected chi connectivity index (χ2v) is 6.29. The summed E-state index contributed by atoms with van der Waals surface area (Å²) < 4.78 is 5.83. The molecule has 0 bridgehead atoms. The van der Waals surface area contributed by atoms with Crippen LogP contribution in [0.3, 0.4) is 0 Å². The van der Waals surface area contributed by atoms with Crippen molar-refractivity contribution in [2.24, 2.45) is 0 Å². The summed E-state index contributed by atoms with van der Waals surface area (Å²) in [6.45, 7) is 7.46. The molecule has 1 heteroatoms. The molecule has 2 aliphatic carbocycles. The molecule has 0 heterocycles. The SMILES string of the molecule is CCCCOc1ccc2c3cccc(C(C)C)cc-3cc2c1. The van der Waals surface area contributed by atoms with Crippen LogP contribution >= 0.6 is 0 Å². The maximum Gasteiger partial charge on any atom is 0.119 e. The van der Waals surface area contributed by atoms with Gasteiger partial charge in [0, 0.05) is 0 Å². The van der Waals surface area contributed by atoms with Gasteiger partial charge in [0.2, 0.25) is 0 Å². The summed E-state index contributed by atoms with van der Waals surface area (Å²) in [7, 11) is 0. The third-order valence-electron chi connectivity index (χ3n) is 4.24. The van der Waals surface area contributed by atoms with Crippen molar-refractivity contribution < 1.29 is 4.74 Å². The average molecular weight is 292 g/mol. The van der Waals surface area contributed by atoms with Gasteiger partial charge in [0.1, 0.15) is 5.75 Å². The zero-order valence-corrected chi connectivity index (χ0v) is 13.7. The van der Waals surface area contributed by atoms with Crippen LogP contribution in [0.5, 0.6) is 5.75 Å². The quantitative estimate of drug-likeness (QED) is 0.505. The lowest BCUT2D eigenvalue weighted by molar-refractivity contribution is 0.310. The van der Waals surface area contributed by atoms with Crippen LogP contribution in [0.1, 0.15) is 45.1 Å². The van der Waals surface area contributed by atoms with Crippen molar-refractivity contribution >= 4 is 10.8 Å². The summed E-state index contributed by atoms with van der Waals surface area (Å²) in [5.41, 5.74) is 4.01. The highest BCUT2D eigenvalue weighted by Gasteiger charge is 2.11. The second-order valence-electron chi connectivity index (χ2n) is 6.29. The van der Waals surface area contributed by atoms with Gasteiger partial charge >= 0.3 is 0 Å². The van der Waals surface area contributed by atoms with Gasteiger partial charge in [-0.05, 0) is 58.0 Å². The highest BCUT2D eigenvalue weighted by molar-refractivity contribution is 6.02. The highest BCUT2D eigenvalue weighted by atomic mass is 16.5. The van der Waals surface area contributed by atoms with Crippen molar-refractivity contribution in [3.8, 4) is 16.9 Å². The lowest BCUT2D eigenvalue weighted by Crippen LogP contribution is -1.95. The van der Waals surface area contributed by atoms with E-state index in [0.29, 0.717) is 5.92 Å². The fourth-order valence-corrected chi connectivity index (χ4v) is 2.88. The van der Waals surface area contributed by atoms with E-state index in [2.05, 4.69) is 69.3 Å². The zero-order chi connectivity index (χ0) is 15.5. The van der Waals surface area contributed by atoms with Crippen LogP contribution in [0.25, 0.3) is 21.9 Å². The van der Waals surface area contributed by atoms with E-state index in [1.807, 2.05) is 0 Å². The fourth-order valence-electron chi connectivity index (χ4n) is 2.88. The Kier molecular flexibility index (Phi) is 4.33. The Morgan fingerprint density at radius 2 is 1.86 bits per heavy atom. The van der Waals surface area contributed by atoms with Gasteiger partial charge in [-0.2, -0.15) is 0 Å². The van der Waals surface area contributed by atoms with Crippen molar-refractivity contribution in [1.82, 2.24) is 0 Å². The van der Waals surface area contributed by atoms with E-state index in [-0.39, 0.29) is 0 Å². The van der Waals surface area contributed by atoms with E-state index in [1.165, 1.54) is 27.5 Å². The van der Waals surface area contributed by atoms with Crippen molar-refractivity contribution in [2.75, 3.05) is 6.61 Å². The molecule has 0 fully saturated rings. The summed E-state index contributed by atoms with van der Waals surface area (Å²) >= 11 is 0. The second kappa shape index (κ2) is 6.39. The normalized spacial score (nSPS) is 11.5. The van der Waals surface area contributed by atoms with Crippen LogP contribution in [-0.2, 0) is 0 Å². The van der Waals surface area contributed by atoms with Gasteiger partial charge < -0.3 is 4.74 Å². The molecule has 0 unspecified atom stereocenters. The van der Waals surface area contributed by atoms with Crippen molar-refractivity contribution in [3.05, 3.63) is 54.1 Å². The van der Waals surface area contributed by atoms with Crippen LogP contribution in [0, 0.1) is 0 Å². The van der Waals surface area contributed by atoms with Gasteiger partial charge in [0.05, 0.1) is 6.61 Å². The maximum absolute atomic E-state index is 5.83. The number of unbranched alkanes of at least 4 members (excludes halogenated alkanes) is 1. The number of hydrogen-bond donors (Lipinski definition) is 0. The van der Waals surface area contributed by atoms with Crippen molar-refractivity contribution in [3.63, 3.8) is 0 Å². The van der Waals surface area contributed by atoms with E-state index < -0.39 is 0 Å². The van der Waals surface area contributed by atoms with Gasteiger partial charge in [-0.3, -0.25) is 0 Å². The lowest BCUT2D eigenvalue weighted by atomic mass is 10.0. The predicted molar refractivity (Wildman–Crippen MR) is 95.1 cm³/mol. The van der Waals surface area contributed by atoms with E-state index in [1.54, 1.807) is 0 Å². The molecule has 1 nitrogen and oxygen atoms in total. The summed E-state index contributed by atoms with van der Waals surface area (Å²) in [6.07, 6.45) is 2.27. The topological polar surface area (TPSA) is 9.23 Å². The molecule has 114 valence electrons. The molecule has 0 N–H and O–H groups in total. The maximum atomic E-state index is 5.83. The van der Waals surface area contributed by atoms with Crippen LogP contribution in [0.2, 0.25) is 0 Å². The molecule has 0 amide bonds. The lowest BCUT2D eigenvalue weighted by Gasteiger charge is -2.05. The average Bonchev–Trinajstić information content (AvgIpc) is 2.69. The van der Waals surface area contributed by atoms with Gasteiger partial charge in [-0.1, -0.05) is 57.5 Å².